The van der Waals surface area contributed by atoms with Crippen molar-refractivity contribution in [1.29, 1.82) is 0 Å². The second-order valence-electron chi connectivity index (χ2n) is 6.17. The Balaban J connectivity index is 1.87. The van der Waals surface area contributed by atoms with Crippen molar-refractivity contribution in [3.63, 3.8) is 0 Å². The maximum atomic E-state index is 13.3. The van der Waals surface area contributed by atoms with Crippen LogP contribution < -0.4 is 11.1 Å². The molecule has 0 unspecified atom stereocenters. The fourth-order valence-corrected chi connectivity index (χ4v) is 3.64. The normalized spacial score (nSPS) is 17.6. The summed E-state index contributed by atoms with van der Waals surface area (Å²) in [5, 5.41) is 10.4. The standard InChI is InChI=1S/C17H20FN5O3S/c1-10(15(24)20-16(19)25)27-17-22-21-14(11-4-6-12(18)7-5-11)23(17)9-13-3-2-8-26-13/h4-7,10,13H,2-3,8-9H2,1H3,(H3,19,20,24,25)/t10-,13+/m1/s1. The van der Waals surface area contributed by atoms with Crippen LogP contribution >= 0.6 is 11.8 Å². The quantitative estimate of drug-likeness (QED) is 0.726. The van der Waals surface area contributed by atoms with Gasteiger partial charge >= 0.3 is 6.03 Å². The Labute approximate surface area is 159 Å². The van der Waals surface area contributed by atoms with Crippen molar-refractivity contribution < 1.29 is 18.7 Å². The highest BCUT2D eigenvalue weighted by Gasteiger charge is 2.25. The topological polar surface area (TPSA) is 112 Å². The largest absolute Gasteiger partial charge is 0.376 e. The number of imide groups is 1. The van der Waals surface area contributed by atoms with Crippen molar-refractivity contribution in [3.8, 4) is 11.4 Å². The number of nitrogens with zero attached hydrogens (tertiary/aromatic N) is 3. The number of hydrogen-bond acceptors (Lipinski definition) is 6. The van der Waals surface area contributed by atoms with Crippen molar-refractivity contribution in [2.75, 3.05) is 6.61 Å². The van der Waals surface area contributed by atoms with Crippen LogP contribution in [0, 0.1) is 5.82 Å². The Bertz CT molecular complexity index is 820. The molecule has 2 atom stereocenters. The number of nitrogens with two attached hydrogens (primary N) is 1. The first-order valence-electron chi connectivity index (χ1n) is 8.51. The number of halogens is 1. The first-order chi connectivity index (χ1) is 12.9. The third-order valence-electron chi connectivity index (χ3n) is 4.13. The predicted molar refractivity (Wildman–Crippen MR) is 97.4 cm³/mol. The van der Waals surface area contributed by atoms with Crippen LogP contribution in [0.5, 0.6) is 0 Å². The molecule has 8 nitrogen and oxygen atoms in total. The summed E-state index contributed by atoms with van der Waals surface area (Å²) in [5.41, 5.74) is 5.71. The van der Waals surface area contributed by atoms with Crippen molar-refractivity contribution in [1.82, 2.24) is 20.1 Å². The van der Waals surface area contributed by atoms with Crippen LogP contribution in [-0.2, 0) is 16.1 Å². The summed E-state index contributed by atoms with van der Waals surface area (Å²) < 4.78 is 20.8. The fourth-order valence-electron chi connectivity index (χ4n) is 2.78. The van der Waals surface area contributed by atoms with Crippen LogP contribution in [0.2, 0.25) is 0 Å². The van der Waals surface area contributed by atoms with Crippen LogP contribution in [0.1, 0.15) is 19.8 Å². The zero-order chi connectivity index (χ0) is 19.4. The maximum Gasteiger partial charge on any atom is 0.318 e. The van der Waals surface area contributed by atoms with Crippen molar-refractivity contribution in [2.24, 2.45) is 5.73 Å². The molecular formula is C17H20FN5O3S. The van der Waals surface area contributed by atoms with E-state index >= 15 is 0 Å². The molecule has 3 N–H and O–H groups in total. The number of primary amides is 1. The van der Waals surface area contributed by atoms with E-state index in [9.17, 15) is 14.0 Å². The summed E-state index contributed by atoms with van der Waals surface area (Å²) in [6.07, 6.45) is 1.93. The lowest BCUT2D eigenvalue weighted by molar-refractivity contribution is -0.119. The highest BCUT2D eigenvalue weighted by Crippen LogP contribution is 2.29. The highest BCUT2D eigenvalue weighted by molar-refractivity contribution is 8.00. The molecule has 1 fully saturated rings. The minimum atomic E-state index is -0.903. The number of carbonyl (C=O) groups excluding carboxylic acids is 2. The minimum Gasteiger partial charge on any atom is -0.376 e. The molecule has 10 heteroatoms. The third kappa shape index (κ3) is 4.83. The van der Waals surface area contributed by atoms with Crippen LogP contribution in [-0.4, -0.2) is 44.7 Å². The van der Waals surface area contributed by atoms with E-state index in [0.717, 1.165) is 24.6 Å². The van der Waals surface area contributed by atoms with Crippen LogP contribution in [0.15, 0.2) is 29.4 Å². The lowest BCUT2D eigenvalue weighted by Gasteiger charge is -2.16. The second kappa shape index (κ2) is 8.49. The second-order valence-corrected chi connectivity index (χ2v) is 7.48. The van der Waals surface area contributed by atoms with E-state index < -0.39 is 17.2 Å². The molecule has 0 saturated carbocycles. The van der Waals surface area contributed by atoms with Crippen LogP contribution in [0.25, 0.3) is 11.4 Å². The van der Waals surface area contributed by atoms with Crippen molar-refractivity contribution in [2.45, 2.75) is 42.8 Å². The summed E-state index contributed by atoms with van der Waals surface area (Å²) in [6, 6.07) is 5.07. The van der Waals surface area contributed by atoms with Gasteiger partial charge in [0.25, 0.3) is 0 Å². The number of ether oxygens (including phenoxy) is 1. The molecule has 0 bridgehead atoms. The first-order valence-corrected chi connectivity index (χ1v) is 9.39. The SMILES string of the molecule is C[C@@H](Sc1nnc(-c2ccc(F)cc2)n1C[C@@H]1CCCO1)C(=O)NC(N)=O. The first kappa shape index (κ1) is 19.3. The van der Waals surface area contributed by atoms with Gasteiger partial charge in [0.15, 0.2) is 11.0 Å². The van der Waals surface area contributed by atoms with E-state index in [-0.39, 0.29) is 11.9 Å². The van der Waals surface area contributed by atoms with Crippen LogP contribution in [0.4, 0.5) is 9.18 Å². The summed E-state index contributed by atoms with van der Waals surface area (Å²) >= 11 is 1.16. The number of hydrogen-bond donors (Lipinski definition) is 2. The molecule has 3 amide bonds. The zero-order valence-corrected chi connectivity index (χ0v) is 15.5. The minimum absolute atomic E-state index is 0.0225. The molecule has 1 aliphatic heterocycles. The Morgan fingerprint density at radius 3 is 2.78 bits per heavy atom. The average Bonchev–Trinajstić information content (AvgIpc) is 3.26. The number of urea groups is 1. The van der Waals surface area contributed by atoms with Gasteiger partial charge in [-0.15, -0.1) is 10.2 Å². The number of aromatic nitrogens is 3. The zero-order valence-electron chi connectivity index (χ0n) is 14.7. The van der Waals surface area contributed by atoms with Gasteiger partial charge in [0.1, 0.15) is 5.82 Å². The number of benzene rings is 1. The third-order valence-corrected chi connectivity index (χ3v) is 5.21. The maximum absolute atomic E-state index is 13.3. The van der Waals surface area contributed by atoms with Gasteiger partial charge in [0.05, 0.1) is 17.9 Å². The Kier molecular flexibility index (Phi) is 6.07. The summed E-state index contributed by atoms with van der Waals surface area (Å²) in [5.74, 6) is -0.284. The molecule has 1 aliphatic rings. The van der Waals surface area contributed by atoms with Crippen molar-refractivity contribution in [3.05, 3.63) is 30.1 Å². The van der Waals surface area contributed by atoms with E-state index in [1.807, 2.05) is 4.57 Å². The molecule has 1 saturated heterocycles. The van der Waals surface area contributed by atoms with Gasteiger partial charge < -0.3 is 10.5 Å². The fraction of sp³-hybridized carbons (Fsp3) is 0.412. The molecule has 3 rings (SSSR count). The molecule has 0 radical (unpaired) electrons. The molecule has 27 heavy (non-hydrogen) atoms. The highest BCUT2D eigenvalue weighted by atomic mass is 32.2. The van der Waals surface area contributed by atoms with Gasteiger partial charge in [-0.2, -0.15) is 0 Å². The lowest BCUT2D eigenvalue weighted by Crippen LogP contribution is -2.39. The van der Waals surface area contributed by atoms with E-state index in [2.05, 4.69) is 15.5 Å². The monoisotopic (exact) mass is 393 g/mol. The van der Waals surface area contributed by atoms with Crippen LogP contribution in [0.3, 0.4) is 0 Å². The van der Waals surface area contributed by atoms with Gasteiger partial charge in [-0.25, -0.2) is 9.18 Å². The van der Waals surface area contributed by atoms with Gasteiger partial charge in [0.2, 0.25) is 5.91 Å². The van der Waals surface area contributed by atoms with Crippen molar-refractivity contribution >= 4 is 23.7 Å². The molecule has 0 aliphatic carbocycles. The van der Waals surface area contributed by atoms with E-state index in [1.165, 1.54) is 12.1 Å². The Morgan fingerprint density at radius 2 is 2.15 bits per heavy atom. The molecular weight excluding hydrogens is 373 g/mol. The van der Waals surface area contributed by atoms with E-state index in [1.54, 1.807) is 19.1 Å². The number of carbonyl (C=O) groups is 2. The summed E-state index contributed by atoms with van der Waals surface area (Å²) in [4.78, 5) is 22.9. The summed E-state index contributed by atoms with van der Waals surface area (Å²) in [6.45, 7) is 2.87. The molecule has 1 aromatic heterocycles. The smallest absolute Gasteiger partial charge is 0.318 e. The number of thioether (sulfide) groups is 1. The van der Waals surface area contributed by atoms with Gasteiger partial charge in [-0.3, -0.25) is 14.7 Å². The Morgan fingerprint density at radius 1 is 1.41 bits per heavy atom. The van der Waals surface area contributed by atoms with Gasteiger partial charge in [-0.05, 0) is 44.0 Å². The van der Waals surface area contributed by atoms with Gasteiger partial charge in [0, 0.05) is 12.2 Å². The molecule has 0 spiro atoms. The Hall–Kier alpha value is -2.46. The molecule has 2 heterocycles. The van der Waals surface area contributed by atoms with E-state index in [0.29, 0.717) is 29.7 Å². The van der Waals surface area contributed by atoms with E-state index in [4.69, 9.17) is 10.5 Å². The molecule has 1 aromatic carbocycles. The number of rotatable bonds is 6. The number of nitrogens with one attached hydrogen (secondary N) is 1. The average molecular weight is 393 g/mol. The van der Waals surface area contributed by atoms with Gasteiger partial charge in [-0.1, -0.05) is 11.8 Å². The number of amides is 3. The molecule has 2 aromatic rings. The predicted octanol–water partition coefficient (Wildman–Crippen LogP) is 1.94. The lowest BCUT2D eigenvalue weighted by atomic mass is 10.2. The molecule has 144 valence electrons. The summed E-state index contributed by atoms with van der Waals surface area (Å²) in [7, 11) is 0.